The Morgan fingerprint density at radius 1 is 1.17 bits per heavy atom. The number of fused-ring (bicyclic) bond motifs is 1. The molecule has 1 saturated heterocycles. The van der Waals surface area contributed by atoms with Crippen LogP contribution < -0.4 is 10.9 Å². The van der Waals surface area contributed by atoms with Gasteiger partial charge in [-0.1, -0.05) is 18.2 Å². The van der Waals surface area contributed by atoms with Gasteiger partial charge in [0.15, 0.2) is 0 Å². The smallest absolute Gasteiger partial charge is 0.258 e. The quantitative estimate of drug-likeness (QED) is 0.705. The molecular formula is C23H25FN4O2. The molecular weight excluding hydrogens is 383 g/mol. The van der Waals surface area contributed by atoms with E-state index in [1.807, 2.05) is 19.1 Å². The lowest BCUT2D eigenvalue weighted by atomic mass is 9.95. The van der Waals surface area contributed by atoms with Crippen molar-refractivity contribution in [1.82, 2.24) is 19.6 Å². The lowest BCUT2D eigenvalue weighted by Gasteiger charge is -2.31. The number of carbonyl (C=O) groups excluding carboxylic acids is 1. The first-order valence-corrected chi connectivity index (χ1v) is 10.2. The van der Waals surface area contributed by atoms with Crippen molar-refractivity contribution in [2.24, 2.45) is 5.92 Å². The Kier molecular flexibility index (Phi) is 5.90. The largest absolute Gasteiger partial charge is 0.352 e. The number of carbonyl (C=O) groups is 1. The van der Waals surface area contributed by atoms with Gasteiger partial charge in [-0.3, -0.25) is 18.9 Å². The van der Waals surface area contributed by atoms with Crippen molar-refractivity contribution < 1.29 is 9.18 Å². The summed E-state index contributed by atoms with van der Waals surface area (Å²) in [6, 6.07) is 11.5. The highest BCUT2D eigenvalue weighted by Crippen LogP contribution is 2.19. The van der Waals surface area contributed by atoms with Crippen LogP contribution in [0.2, 0.25) is 0 Å². The third kappa shape index (κ3) is 4.74. The molecule has 1 aliphatic heterocycles. The van der Waals surface area contributed by atoms with Crippen molar-refractivity contribution in [3.05, 3.63) is 81.7 Å². The zero-order chi connectivity index (χ0) is 21.1. The SMILES string of the molecule is Cc1ccc2nc(CN3CCC(C(=O)NCc4ccc(F)cc4)CC3)cc(=O)n2c1. The van der Waals surface area contributed by atoms with Crippen LogP contribution in [-0.2, 0) is 17.9 Å². The molecule has 0 saturated carbocycles. The maximum absolute atomic E-state index is 13.0. The predicted octanol–water partition coefficient (Wildman–Crippen LogP) is 2.67. The van der Waals surface area contributed by atoms with Crippen molar-refractivity contribution in [3.8, 4) is 0 Å². The van der Waals surface area contributed by atoms with E-state index < -0.39 is 0 Å². The fourth-order valence-electron chi connectivity index (χ4n) is 3.86. The Bertz CT molecular complexity index is 1100. The van der Waals surface area contributed by atoms with Gasteiger partial charge in [-0.15, -0.1) is 0 Å². The second-order valence-corrected chi connectivity index (χ2v) is 7.92. The first-order valence-electron chi connectivity index (χ1n) is 10.2. The molecule has 0 spiro atoms. The molecule has 0 unspecified atom stereocenters. The number of benzene rings is 1. The molecule has 30 heavy (non-hydrogen) atoms. The van der Waals surface area contributed by atoms with Crippen LogP contribution in [-0.4, -0.2) is 33.3 Å². The van der Waals surface area contributed by atoms with E-state index >= 15 is 0 Å². The number of nitrogens with one attached hydrogen (secondary N) is 1. The average molecular weight is 408 g/mol. The number of halogens is 1. The number of rotatable bonds is 5. The highest BCUT2D eigenvalue weighted by atomic mass is 19.1. The Hall–Kier alpha value is -3.06. The van der Waals surface area contributed by atoms with Gasteiger partial charge in [0.1, 0.15) is 11.5 Å². The molecule has 0 atom stereocenters. The molecule has 1 aliphatic rings. The third-order valence-electron chi connectivity index (χ3n) is 5.58. The second kappa shape index (κ2) is 8.75. The highest BCUT2D eigenvalue weighted by Gasteiger charge is 2.25. The van der Waals surface area contributed by atoms with Crippen LogP contribution in [0.4, 0.5) is 4.39 Å². The minimum absolute atomic E-state index is 0.0279. The molecule has 1 amide bonds. The molecule has 1 N–H and O–H groups in total. The molecule has 2 aromatic heterocycles. The molecule has 0 aliphatic carbocycles. The van der Waals surface area contributed by atoms with E-state index in [2.05, 4.69) is 15.2 Å². The topological polar surface area (TPSA) is 66.7 Å². The van der Waals surface area contributed by atoms with Gasteiger partial charge in [0.25, 0.3) is 5.56 Å². The minimum atomic E-state index is -0.281. The Morgan fingerprint density at radius 2 is 1.90 bits per heavy atom. The van der Waals surface area contributed by atoms with Gasteiger partial charge in [-0.2, -0.15) is 0 Å². The number of hydrogen-bond donors (Lipinski definition) is 1. The summed E-state index contributed by atoms with van der Waals surface area (Å²) in [4.78, 5) is 31.7. The summed E-state index contributed by atoms with van der Waals surface area (Å²) < 4.78 is 14.5. The van der Waals surface area contributed by atoms with Gasteiger partial charge in [-0.05, 0) is 62.2 Å². The number of hydrogen-bond acceptors (Lipinski definition) is 4. The maximum Gasteiger partial charge on any atom is 0.258 e. The van der Waals surface area contributed by atoms with E-state index in [0.29, 0.717) is 18.7 Å². The minimum Gasteiger partial charge on any atom is -0.352 e. The molecule has 4 rings (SSSR count). The Morgan fingerprint density at radius 3 is 2.63 bits per heavy atom. The van der Waals surface area contributed by atoms with E-state index in [0.717, 1.165) is 42.8 Å². The Balaban J connectivity index is 1.30. The molecule has 7 heteroatoms. The Labute approximate surface area is 174 Å². The number of pyridine rings is 1. The van der Waals surface area contributed by atoms with Gasteiger partial charge < -0.3 is 5.32 Å². The van der Waals surface area contributed by atoms with Crippen LogP contribution in [0.25, 0.3) is 5.65 Å². The first-order chi connectivity index (χ1) is 14.5. The monoisotopic (exact) mass is 408 g/mol. The summed E-state index contributed by atoms with van der Waals surface area (Å²) in [6.45, 7) is 4.51. The standard InChI is InChI=1S/C23H25FN4O2/c1-16-2-7-21-26-20(12-22(29)28(21)14-16)15-27-10-8-18(9-11-27)23(30)25-13-17-3-5-19(24)6-4-17/h2-7,12,14,18H,8-11,13,15H2,1H3,(H,25,30). The molecule has 0 radical (unpaired) electrons. The number of piperidine rings is 1. The summed E-state index contributed by atoms with van der Waals surface area (Å²) in [5.74, 6) is -0.271. The lowest BCUT2D eigenvalue weighted by molar-refractivity contribution is -0.126. The van der Waals surface area contributed by atoms with Crippen LogP contribution in [0, 0.1) is 18.7 Å². The zero-order valence-electron chi connectivity index (χ0n) is 17.0. The number of nitrogens with zero attached hydrogens (tertiary/aromatic N) is 3. The maximum atomic E-state index is 13.0. The second-order valence-electron chi connectivity index (χ2n) is 7.92. The van der Waals surface area contributed by atoms with Gasteiger partial charge in [0.05, 0.1) is 5.69 Å². The number of aryl methyl sites for hydroxylation is 1. The molecule has 3 aromatic rings. The highest BCUT2D eigenvalue weighted by molar-refractivity contribution is 5.78. The van der Waals surface area contributed by atoms with Crippen LogP contribution in [0.5, 0.6) is 0 Å². The average Bonchev–Trinajstić information content (AvgIpc) is 2.74. The number of amides is 1. The summed E-state index contributed by atoms with van der Waals surface area (Å²) >= 11 is 0. The number of aromatic nitrogens is 2. The molecule has 3 heterocycles. The summed E-state index contributed by atoms with van der Waals surface area (Å²) in [6.07, 6.45) is 3.33. The number of likely N-dealkylation sites (tertiary alicyclic amines) is 1. The van der Waals surface area contributed by atoms with Gasteiger partial charge >= 0.3 is 0 Å². The van der Waals surface area contributed by atoms with Crippen LogP contribution in [0.1, 0.15) is 29.7 Å². The van der Waals surface area contributed by atoms with Crippen molar-refractivity contribution in [2.45, 2.75) is 32.9 Å². The van der Waals surface area contributed by atoms with E-state index in [4.69, 9.17) is 0 Å². The van der Waals surface area contributed by atoms with Crippen molar-refractivity contribution in [1.29, 1.82) is 0 Å². The first kappa shape index (κ1) is 20.2. The predicted molar refractivity (Wildman–Crippen MR) is 112 cm³/mol. The van der Waals surface area contributed by atoms with Gasteiger partial charge in [0.2, 0.25) is 5.91 Å². The van der Waals surface area contributed by atoms with E-state index in [-0.39, 0.29) is 23.2 Å². The van der Waals surface area contributed by atoms with Crippen LogP contribution >= 0.6 is 0 Å². The summed E-state index contributed by atoms with van der Waals surface area (Å²) in [5, 5.41) is 2.95. The van der Waals surface area contributed by atoms with Crippen molar-refractivity contribution in [3.63, 3.8) is 0 Å². The zero-order valence-corrected chi connectivity index (χ0v) is 17.0. The lowest BCUT2D eigenvalue weighted by Crippen LogP contribution is -2.40. The normalized spacial score (nSPS) is 15.4. The third-order valence-corrected chi connectivity index (χ3v) is 5.58. The van der Waals surface area contributed by atoms with Crippen molar-refractivity contribution >= 4 is 11.6 Å². The molecule has 6 nitrogen and oxygen atoms in total. The van der Waals surface area contributed by atoms with E-state index in [1.165, 1.54) is 12.1 Å². The fourth-order valence-corrected chi connectivity index (χ4v) is 3.86. The van der Waals surface area contributed by atoms with Crippen molar-refractivity contribution in [2.75, 3.05) is 13.1 Å². The molecule has 1 fully saturated rings. The van der Waals surface area contributed by atoms with E-state index in [1.54, 1.807) is 28.8 Å². The fraction of sp³-hybridized carbons (Fsp3) is 0.348. The van der Waals surface area contributed by atoms with E-state index in [9.17, 15) is 14.0 Å². The van der Waals surface area contributed by atoms with Crippen LogP contribution in [0.3, 0.4) is 0 Å². The summed E-state index contributed by atoms with van der Waals surface area (Å²) in [7, 11) is 0. The van der Waals surface area contributed by atoms with Crippen LogP contribution in [0.15, 0.2) is 53.5 Å². The molecule has 0 bridgehead atoms. The summed E-state index contributed by atoms with van der Waals surface area (Å²) in [5.41, 5.74) is 3.22. The molecule has 156 valence electrons. The van der Waals surface area contributed by atoms with Gasteiger partial charge in [-0.25, -0.2) is 9.37 Å². The van der Waals surface area contributed by atoms with Gasteiger partial charge in [0, 0.05) is 31.3 Å². The molecule has 1 aromatic carbocycles.